The minimum Gasteiger partial charge on any atom is -0.508 e. The zero-order valence-electron chi connectivity index (χ0n) is 79.4. The van der Waals surface area contributed by atoms with Gasteiger partial charge in [-0.05, 0) is 210 Å². The van der Waals surface area contributed by atoms with Crippen molar-refractivity contribution in [1.29, 1.82) is 0 Å². The number of phenols is 17. The van der Waals surface area contributed by atoms with Gasteiger partial charge in [-0.15, -0.1) is 0 Å². The molecule has 6 aromatic rings. The molecule has 41 heteroatoms. The molecule has 5 aliphatic carbocycles. The molecule has 0 amide bonds. The Hall–Kier alpha value is -12.3. The number of rotatable bonds is 28. The fourth-order valence-electron chi connectivity index (χ4n) is 21.5. The number of aliphatic hydroxyl groups excluding tert-OH is 8. The molecule has 7 fully saturated rings. The van der Waals surface area contributed by atoms with Crippen molar-refractivity contribution in [3.63, 3.8) is 0 Å². The summed E-state index contributed by atoms with van der Waals surface area (Å²) in [6.07, 6.45) is -10.6. The van der Waals surface area contributed by atoms with Crippen molar-refractivity contribution >= 4 is 35.8 Å². The molecule has 7 aliphatic rings. The molecule has 25 atom stereocenters. The highest BCUT2D eigenvalue weighted by Crippen LogP contribution is 2.76. The fourth-order valence-corrected chi connectivity index (χ4v) is 21.5. The molecule has 6 aromatic carbocycles. The molecule has 5 saturated carbocycles. The van der Waals surface area contributed by atoms with Crippen molar-refractivity contribution in [2.24, 2.45) is 51.2 Å². The van der Waals surface area contributed by atoms with Crippen LogP contribution in [0.5, 0.6) is 97.7 Å². The van der Waals surface area contributed by atoms with E-state index in [2.05, 4.69) is 68.0 Å². The molecule has 0 bridgehead atoms. The minimum absolute atomic E-state index is 0.00685. The van der Waals surface area contributed by atoms with Crippen LogP contribution in [0.3, 0.4) is 0 Å². The molecule has 0 spiro atoms. The standard InChI is InChI=1S/C43H36O24.C42H70O12.C15H22O5/c1-14-21(44)2-16(3-22(14)45)40(59)64-31-12-20(13-63-39(58)15-4-23(46)32(54)24(47)5-15)36(65-41(60)17-6-25(48)33(55)26(49)7-17)38(67-43(62)19-10-29(52)35(57)30(53)11-19)37(31)66-42(61)18-8-27(50)34(56)28(51)9-18;1-20(2)11-10-12-21(3)23-13-16-41(8)29(23)24(44)17-27-40(7)15-14-28(45)39(5,6)36(40)25(18-42(27,41)9)52-38-35(33(49)31(47)26(19-43)53-38)54-37-34(50)32(48)30(46)22(4)51-37;1-2-3-4-5-6-7-8-20-15(19)11-9-12(16)14(18)13(17)10-11/h2-11,20,31,36-38,44-57H,12-13H2,1H3;11,22-38,43-50H,3,10,12-19H2,1-2,4-9H3;9-10,16-18H,2-8H2,1H3/t20?,31-,36-,37?,38+;22?,23?,24-,25+,26?,27?,28+,29?,30?,31?,32?,33?,34?,35?,36?,37?,38?,40-,41-,42-;/m11./s1. The summed E-state index contributed by atoms with van der Waals surface area (Å²) >= 11 is 0. The van der Waals surface area contributed by atoms with Crippen molar-refractivity contribution in [3.8, 4) is 97.7 Å². The van der Waals surface area contributed by atoms with E-state index in [-0.39, 0.29) is 51.0 Å². The van der Waals surface area contributed by atoms with Crippen LogP contribution in [0, 0.1) is 58.2 Å². The number of ether oxygens (including phenoxy) is 10. The first-order valence-corrected chi connectivity index (χ1v) is 46.4. The number of hydrogen-bond acceptors (Lipinski definition) is 41. The Balaban J connectivity index is 0.000000229. The van der Waals surface area contributed by atoms with Gasteiger partial charge in [-0.3, -0.25) is 0 Å². The molecular formula is C100H128O41. The van der Waals surface area contributed by atoms with Crippen molar-refractivity contribution in [2.45, 2.75) is 270 Å². The Bertz CT molecular complexity index is 5430. The van der Waals surface area contributed by atoms with Gasteiger partial charge < -0.3 is 175 Å². The second kappa shape index (κ2) is 44.5. The number of phenolic OH excluding ortho intramolecular Hbond substituents is 17. The van der Waals surface area contributed by atoms with Crippen LogP contribution in [-0.2, 0) is 47.4 Å². The molecule has 41 nitrogen and oxygen atoms in total. The highest BCUT2D eigenvalue weighted by Gasteiger charge is 2.73. The minimum atomic E-state index is -2.37. The van der Waals surface area contributed by atoms with Crippen molar-refractivity contribution in [3.05, 3.63) is 136 Å². The summed E-state index contributed by atoms with van der Waals surface area (Å²) in [5.41, 5.74) is -2.55. The highest BCUT2D eigenvalue weighted by atomic mass is 16.8. The lowest BCUT2D eigenvalue weighted by molar-refractivity contribution is -0.381. The summed E-state index contributed by atoms with van der Waals surface area (Å²) in [7, 11) is 0. The molecule has 2 aliphatic heterocycles. The van der Waals surface area contributed by atoms with Gasteiger partial charge in [0.15, 0.2) is 111 Å². The maximum atomic E-state index is 14.0. The van der Waals surface area contributed by atoms with Gasteiger partial charge in [0.1, 0.15) is 66.4 Å². The Morgan fingerprint density at radius 3 is 1.35 bits per heavy atom. The third kappa shape index (κ3) is 23.1. The van der Waals surface area contributed by atoms with Crippen molar-refractivity contribution in [1.82, 2.24) is 0 Å². The van der Waals surface area contributed by atoms with E-state index in [1.54, 1.807) is 0 Å². The lowest BCUT2D eigenvalue weighted by Gasteiger charge is -2.72. The van der Waals surface area contributed by atoms with Crippen LogP contribution in [0.2, 0.25) is 0 Å². The predicted octanol–water partition coefficient (Wildman–Crippen LogP) is 9.23. The zero-order chi connectivity index (χ0) is 104. The number of hydrogen-bond donors (Lipinski definition) is 25. The number of allylic oxidation sites excluding steroid dienone is 3. The second-order valence-electron chi connectivity index (χ2n) is 39.1. The molecule has 13 rings (SSSR count). The van der Waals surface area contributed by atoms with Crippen LogP contribution < -0.4 is 0 Å². The topological polar surface area (TPSA) is 700 Å². The first-order valence-electron chi connectivity index (χ1n) is 46.4. The number of aliphatic hydroxyl groups is 8. The average molecular weight is 1990 g/mol. The van der Waals surface area contributed by atoms with E-state index in [1.165, 1.54) is 44.3 Å². The van der Waals surface area contributed by atoms with Gasteiger partial charge >= 0.3 is 35.8 Å². The quantitative estimate of drug-likeness (QED) is 0.00543. The monoisotopic (exact) mass is 1980 g/mol. The smallest absolute Gasteiger partial charge is 0.338 e. The van der Waals surface area contributed by atoms with E-state index in [4.69, 9.17) is 47.4 Å². The van der Waals surface area contributed by atoms with Crippen LogP contribution in [0.15, 0.2) is 96.6 Å². The number of aromatic hydroxyl groups is 17. The second-order valence-corrected chi connectivity index (χ2v) is 39.1. The Morgan fingerprint density at radius 2 is 0.887 bits per heavy atom. The number of esters is 6. The van der Waals surface area contributed by atoms with E-state index >= 15 is 0 Å². The molecule has 2 saturated heterocycles. The summed E-state index contributed by atoms with van der Waals surface area (Å²) in [6, 6.07) is 8.81. The van der Waals surface area contributed by atoms with E-state index in [0.717, 1.165) is 75.6 Å². The van der Waals surface area contributed by atoms with Gasteiger partial charge in [-0.2, -0.15) is 0 Å². The lowest BCUT2D eigenvalue weighted by Crippen LogP contribution is -2.71. The summed E-state index contributed by atoms with van der Waals surface area (Å²) in [6.45, 7) is 23.6. The Kier molecular flexibility index (Phi) is 34.4. The first kappa shape index (κ1) is 109. The van der Waals surface area contributed by atoms with E-state index < -0.39 is 296 Å². The molecular weight excluding hydrogens is 1860 g/mol. The fraction of sp³-hybridized carbons (Fsp3) is 0.540. The molecule has 0 aromatic heterocycles. The van der Waals surface area contributed by atoms with Crippen molar-refractivity contribution < 1.29 is 204 Å². The maximum Gasteiger partial charge on any atom is 0.338 e. The van der Waals surface area contributed by atoms with E-state index in [0.29, 0.717) is 74.4 Å². The summed E-state index contributed by atoms with van der Waals surface area (Å²) in [4.78, 5) is 80.6. The van der Waals surface area contributed by atoms with Gasteiger partial charge in [0.25, 0.3) is 0 Å². The van der Waals surface area contributed by atoms with Gasteiger partial charge in [-0.25, -0.2) is 28.8 Å². The van der Waals surface area contributed by atoms with E-state index in [1.807, 2.05) is 0 Å². The van der Waals surface area contributed by atoms with Gasteiger partial charge in [-0.1, -0.05) is 97.4 Å². The van der Waals surface area contributed by atoms with Gasteiger partial charge in [0.05, 0.1) is 77.6 Å². The largest absolute Gasteiger partial charge is 0.508 e. The lowest BCUT2D eigenvalue weighted by atomic mass is 9.34. The predicted molar refractivity (Wildman–Crippen MR) is 490 cm³/mol. The number of carbonyl (C=O) groups excluding carboxylic acids is 6. The molecule has 2 heterocycles. The SMILES string of the molecule is C=C(CCC=C(C)C)C1CC[C@]2(C)C1[C@H](O)CC1[C@@]3(C)CC[C@H](O)C(C)(C)C3[C@@H](OC3OC(CO)C(O)C(O)C3OC3OC(C)C(O)C(O)C3O)C[C@]12C.CCCCCCCCOC(=O)c1cc(O)c(O)c(O)c1.Cc1c(O)cc(C(=O)O[C@@H]2CC(COC(=O)c3cc(O)c(O)c(O)c3)[C@@H](OC(=O)c3cc(O)c(O)c(O)c3)[C@H](OC(=O)c3cc(O)c(O)c(O)c3)C2OC(=O)c2cc(O)c(O)c(O)c2)cc1O. The third-order valence-electron chi connectivity index (χ3n) is 29.3. The summed E-state index contributed by atoms with van der Waals surface area (Å²) in [5, 5.41) is 258. The van der Waals surface area contributed by atoms with E-state index in [9.17, 15) is 156 Å². The number of benzene rings is 6. The van der Waals surface area contributed by atoms with Crippen LogP contribution in [0.1, 0.15) is 226 Å². The normalized spacial score (nSPS) is 30.1. The first-order chi connectivity index (χ1) is 66.1. The van der Waals surface area contributed by atoms with Crippen LogP contribution >= 0.6 is 0 Å². The third-order valence-corrected chi connectivity index (χ3v) is 29.3. The summed E-state index contributed by atoms with van der Waals surface area (Å²) < 4.78 is 58.4. The van der Waals surface area contributed by atoms with Crippen LogP contribution in [-0.4, -0.2) is 287 Å². The van der Waals surface area contributed by atoms with Crippen LogP contribution in [0.25, 0.3) is 0 Å². The molecule has 774 valence electrons. The zero-order valence-corrected chi connectivity index (χ0v) is 79.4. The number of carbonyl (C=O) groups is 6. The average Bonchev–Trinajstić information content (AvgIpc) is 1.18. The van der Waals surface area contributed by atoms with Gasteiger partial charge in [0.2, 0.25) is 0 Å². The molecule has 141 heavy (non-hydrogen) atoms. The van der Waals surface area contributed by atoms with Crippen molar-refractivity contribution in [2.75, 3.05) is 19.8 Å². The Morgan fingerprint density at radius 1 is 0.454 bits per heavy atom. The Labute approximate surface area is 810 Å². The summed E-state index contributed by atoms with van der Waals surface area (Å²) in [5.74, 6) is -25.2. The van der Waals surface area contributed by atoms with Gasteiger partial charge in [0, 0.05) is 11.5 Å². The molecule has 25 N–H and O–H groups in total. The highest BCUT2D eigenvalue weighted by molar-refractivity contribution is 5.95. The maximum absolute atomic E-state index is 14.0. The van der Waals surface area contributed by atoms with Crippen LogP contribution in [0.4, 0.5) is 0 Å². The number of fused-ring (bicyclic) bond motifs is 5. The number of unbranched alkanes of at least 4 members (excludes halogenated alkanes) is 5. The molecule has 16 unspecified atom stereocenters. The molecule has 0 radical (unpaired) electrons.